The average molecular weight is 334 g/mol. The second-order valence-corrected chi connectivity index (χ2v) is 7.02. The monoisotopic (exact) mass is 333 g/mol. The van der Waals surface area contributed by atoms with Gasteiger partial charge in [-0.3, -0.25) is 4.79 Å². The number of benzene rings is 2. The third kappa shape index (κ3) is 4.28. The number of hydrogen-bond donors (Lipinski definition) is 1. The van der Waals surface area contributed by atoms with Crippen molar-refractivity contribution in [1.29, 1.82) is 0 Å². The molecule has 116 valence electrons. The summed E-state index contributed by atoms with van der Waals surface area (Å²) in [6.45, 7) is 6.03. The first-order valence-corrected chi connectivity index (χ1v) is 8.58. The Labute approximate surface area is 141 Å². The molecule has 0 saturated heterocycles. The van der Waals surface area contributed by atoms with E-state index in [4.69, 9.17) is 11.6 Å². The van der Waals surface area contributed by atoms with Gasteiger partial charge in [0.25, 0.3) is 0 Å². The molecular formula is C18H20ClNOS. The maximum absolute atomic E-state index is 12.4. The van der Waals surface area contributed by atoms with Gasteiger partial charge in [-0.05, 0) is 55.7 Å². The molecule has 0 bridgehead atoms. The van der Waals surface area contributed by atoms with Gasteiger partial charge in [0.15, 0.2) is 0 Å². The summed E-state index contributed by atoms with van der Waals surface area (Å²) >= 11 is 7.41. The highest BCUT2D eigenvalue weighted by Gasteiger charge is 2.16. The first kappa shape index (κ1) is 16.9. The molecule has 22 heavy (non-hydrogen) atoms. The van der Waals surface area contributed by atoms with Gasteiger partial charge in [-0.1, -0.05) is 36.7 Å². The number of thioether (sulfide) groups is 1. The van der Waals surface area contributed by atoms with Crippen LogP contribution in [-0.4, -0.2) is 11.2 Å². The van der Waals surface area contributed by atoms with Crippen LogP contribution in [0.1, 0.15) is 25.0 Å². The lowest BCUT2D eigenvalue weighted by atomic mass is 10.1. The molecule has 1 amide bonds. The minimum atomic E-state index is -0.175. The summed E-state index contributed by atoms with van der Waals surface area (Å²) < 4.78 is 0. The average Bonchev–Trinajstić information content (AvgIpc) is 2.51. The second kappa shape index (κ2) is 7.70. The van der Waals surface area contributed by atoms with Crippen LogP contribution in [0, 0.1) is 6.92 Å². The minimum Gasteiger partial charge on any atom is -0.325 e. The molecule has 0 saturated carbocycles. The number of nitrogens with one attached hydrogen (secondary N) is 1. The van der Waals surface area contributed by atoms with Crippen molar-refractivity contribution in [3.63, 3.8) is 0 Å². The third-order valence-corrected chi connectivity index (χ3v) is 4.85. The van der Waals surface area contributed by atoms with Gasteiger partial charge in [-0.2, -0.15) is 0 Å². The van der Waals surface area contributed by atoms with Gasteiger partial charge in [0.2, 0.25) is 5.91 Å². The summed E-state index contributed by atoms with van der Waals surface area (Å²) in [5.74, 6) is 0.0175. The normalized spacial score (nSPS) is 12.0. The van der Waals surface area contributed by atoms with Crippen LogP contribution in [0.3, 0.4) is 0 Å². The Kier molecular flexibility index (Phi) is 5.92. The molecule has 0 aliphatic carbocycles. The Hall–Kier alpha value is -1.45. The van der Waals surface area contributed by atoms with Crippen LogP contribution < -0.4 is 5.32 Å². The van der Waals surface area contributed by atoms with Gasteiger partial charge in [-0.15, -0.1) is 11.8 Å². The maximum Gasteiger partial charge on any atom is 0.237 e. The van der Waals surface area contributed by atoms with Gasteiger partial charge >= 0.3 is 0 Å². The molecule has 0 aliphatic rings. The summed E-state index contributed by atoms with van der Waals surface area (Å²) in [5, 5.41) is 3.60. The van der Waals surface area contributed by atoms with Gasteiger partial charge < -0.3 is 5.32 Å². The number of amides is 1. The Morgan fingerprint density at radius 2 is 1.91 bits per heavy atom. The van der Waals surface area contributed by atoms with Crippen LogP contribution in [0.15, 0.2) is 47.4 Å². The largest absolute Gasteiger partial charge is 0.325 e. The topological polar surface area (TPSA) is 29.1 Å². The molecular weight excluding hydrogens is 314 g/mol. The standard InChI is InChI=1S/C18H20ClNOS/c1-4-14-7-5-6-12(2)17(14)20-18(21)13(3)22-16-10-8-15(19)9-11-16/h5-11,13H,4H2,1-3H3,(H,20,21)/t13-/m1/s1. The quantitative estimate of drug-likeness (QED) is 0.749. The van der Waals surface area contributed by atoms with Crippen molar-refractivity contribution in [2.75, 3.05) is 5.32 Å². The van der Waals surface area contributed by atoms with Gasteiger partial charge in [0, 0.05) is 15.6 Å². The molecule has 4 heteroatoms. The number of para-hydroxylation sites is 1. The Balaban J connectivity index is 2.07. The highest BCUT2D eigenvalue weighted by molar-refractivity contribution is 8.00. The Morgan fingerprint density at radius 1 is 1.23 bits per heavy atom. The van der Waals surface area contributed by atoms with Crippen LogP contribution in [0.2, 0.25) is 5.02 Å². The zero-order chi connectivity index (χ0) is 16.1. The molecule has 0 fully saturated rings. The fourth-order valence-corrected chi connectivity index (χ4v) is 3.19. The number of halogens is 1. The molecule has 0 unspecified atom stereocenters. The fourth-order valence-electron chi connectivity index (χ4n) is 2.20. The second-order valence-electron chi connectivity index (χ2n) is 5.17. The fraction of sp³-hybridized carbons (Fsp3) is 0.278. The zero-order valence-corrected chi connectivity index (χ0v) is 14.6. The van der Waals surface area contributed by atoms with Crippen molar-refractivity contribution in [3.05, 3.63) is 58.6 Å². The van der Waals surface area contributed by atoms with Crippen molar-refractivity contribution in [1.82, 2.24) is 0 Å². The Morgan fingerprint density at radius 3 is 2.55 bits per heavy atom. The molecule has 0 aromatic heterocycles. The number of rotatable bonds is 5. The highest BCUT2D eigenvalue weighted by Crippen LogP contribution is 2.27. The van der Waals surface area contributed by atoms with Crippen molar-refractivity contribution in [2.45, 2.75) is 37.3 Å². The SMILES string of the molecule is CCc1cccc(C)c1NC(=O)[C@@H](C)Sc1ccc(Cl)cc1. The first-order valence-electron chi connectivity index (χ1n) is 7.33. The van der Waals surface area contributed by atoms with E-state index >= 15 is 0 Å². The third-order valence-electron chi connectivity index (χ3n) is 3.48. The highest BCUT2D eigenvalue weighted by atomic mass is 35.5. The summed E-state index contributed by atoms with van der Waals surface area (Å²) in [6, 6.07) is 13.6. The van der Waals surface area contributed by atoms with Crippen LogP contribution in [0.4, 0.5) is 5.69 Å². The molecule has 0 spiro atoms. The van der Waals surface area contributed by atoms with Gasteiger partial charge in [0.1, 0.15) is 0 Å². The van der Waals surface area contributed by atoms with E-state index in [0.29, 0.717) is 5.02 Å². The van der Waals surface area contributed by atoms with Crippen LogP contribution in [-0.2, 0) is 11.2 Å². The van der Waals surface area contributed by atoms with Crippen molar-refractivity contribution in [3.8, 4) is 0 Å². The van der Waals surface area contributed by atoms with E-state index in [9.17, 15) is 4.79 Å². The predicted molar refractivity (Wildman–Crippen MR) is 96.0 cm³/mol. The van der Waals surface area contributed by atoms with E-state index in [2.05, 4.69) is 18.3 Å². The van der Waals surface area contributed by atoms with E-state index < -0.39 is 0 Å². The first-order chi connectivity index (χ1) is 10.5. The molecule has 2 aromatic rings. The lowest BCUT2D eigenvalue weighted by molar-refractivity contribution is -0.115. The van der Waals surface area contributed by atoms with E-state index in [1.165, 1.54) is 11.8 Å². The Bertz CT molecular complexity index is 655. The number of aryl methyl sites for hydroxylation is 2. The summed E-state index contributed by atoms with van der Waals surface area (Å²) in [7, 11) is 0. The number of carbonyl (C=O) groups excluding carboxylic acids is 1. The van der Waals surface area contributed by atoms with Crippen molar-refractivity contribution < 1.29 is 4.79 Å². The van der Waals surface area contributed by atoms with Gasteiger partial charge in [0.05, 0.1) is 5.25 Å². The zero-order valence-electron chi connectivity index (χ0n) is 13.0. The minimum absolute atomic E-state index is 0.0175. The van der Waals surface area contributed by atoms with E-state index in [-0.39, 0.29) is 11.2 Å². The van der Waals surface area contributed by atoms with E-state index in [1.807, 2.05) is 50.2 Å². The van der Waals surface area contributed by atoms with Crippen LogP contribution in [0.25, 0.3) is 0 Å². The lowest BCUT2D eigenvalue weighted by Crippen LogP contribution is -2.23. The lowest BCUT2D eigenvalue weighted by Gasteiger charge is -2.16. The van der Waals surface area contributed by atoms with Crippen molar-refractivity contribution >= 4 is 35.0 Å². The van der Waals surface area contributed by atoms with Crippen molar-refractivity contribution in [2.24, 2.45) is 0 Å². The van der Waals surface area contributed by atoms with Crippen LogP contribution >= 0.6 is 23.4 Å². The summed E-state index contributed by atoms with van der Waals surface area (Å²) in [6.07, 6.45) is 0.899. The van der Waals surface area contributed by atoms with Gasteiger partial charge in [-0.25, -0.2) is 0 Å². The molecule has 2 nitrogen and oxygen atoms in total. The summed E-state index contributed by atoms with van der Waals surface area (Å²) in [4.78, 5) is 13.5. The molecule has 1 N–H and O–H groups in total. The molecule has 2 aromatic carbocycles. The summed E-state index contributed by atoms with van der Waals surface area (Å²) in [5.41, 5.74) is 3.20. The van der Waals surface area contributed by atoms with Crippen LogP contribution in [0.5, 0.6) is 0 Å². The molecule has 2 rings (SSSR count). The number of carbonyl (C=O) groups is 1. The molecule has 0 radical (unpaired) electrons. The number of hydrogen-bond acceptors (Lipinski definition) is 2. The smallest absolute Gasteiger partial charge is 0.237 e. The predicted octanol–water partition coefficient (Wildman–Crippen LogP) is 5.33. The molecule has 0 aliphatic heterocycles. The maximum atomic E-state index is 12.4. The van der Waals surface area contributed by atoms with E-state index in [1.54, 1.807) is 0 Å². The molecule has 0 heterocycles. The van der Waals surface area contributed by atoms with E-state index in [0.717, 1.165) is 28.1 Å². The molecule has 1 atom stereocenters. The number of anilines is 1.